The van der Waals surface area contributed by atoms with Crippen LogP contribution in [-0.2, 0) is 0 Å². The molecule has 0 saturated carbocycles. The lowest BCUT2D eigenvalue weighted by Gasteiger charge is -2.31. The molecule has 3 atom stereocenters. The molecule has 1 aliphatic heterocycles. The van der Waals surface area contributed by atoms with E-state index in [0.29, 0.717) is 16.0 Å². The Balaban J connectivity index is 2.40. The molecular formula is C7H15IN2. The van der Waals surface area contributed by atoms with Crippen LogP contribution in [0.1, 0.15) is 19.8 Å². The lowest BCUT2D eigenvalue weighted by atomic mass is 9.98. The van der Waals surface area contributed by atoms with Gasteiger partial charge in [-0.25, -0.2) is 0 Å². The minimum Gasteiger partial charge on any atom is -0.326 e. The van der Waals surface area contributed by atoms with Gasteiger partial charge in [0, 0.05) is 16.0 Å². The van der Waals surface area contributed by atoms with Crippen LogP contribution in [0.2, 0.25) is 0 Å². The Morgan fingerprint density at radius 1 is 1.70 bits per heavy atom. The van der Waals surface area contributed by atoms with Gasteiger partial charge in [0.25, 0.3) is 0 Å². The first-order valence-corrected chi connectivity index (χ1v) is 5.09. The highest BCUT2D eigenvalue weighted by Crippen LogP contribution is 2.14. The van der Waals surface area contributed by atoms with E-state index in [1.54, 1.807) is 0 Å². The van der Waals surface area contributed by atoms with E-state index < -0.39 is 0 Å². The maximum atomic E-state index is 5.91. The van der Waals surface area contributed by atoms with E-state index in [-0.39, 0.29) is 0 Å². The van der Waals surface area contributed by atoms with Gasteiger partial charge in [-0.3, -0.25) is 0 Å². The lowest BCUT2D eigenvalue weighted by Crippen LogP contribution is -2.53. The molecule has 1 fully saturated rings. The topological polar surface area (TPSA) is 38.0 Å². The van der Waals surface area contributed by atoms with Gasteiger partial charge < -0.3 is 11.1 Å². The van der Waals surface area contributed by atoms with Crippen molar-refractivity contribution >= 4 is 22.6 Å². The van der Waals surface area contributed by atoms with Crippen LogP contribution >= 0.6 is 22.6 Å². The highest BCUT2D eigenvalue weighted by atomic mass is 127. The molecule has 1 rings (SSSR count). The number of rotatable bonds is 1. The quantitative estimate of drug-likeness (QED) is 0.538. The molecule has 1 heterocycles. The first-order valence-electron chi connectivity index (χ1n) is 3.85. The van der Waals surface area contributed by atoms with Crippen LogP contribution in [0.4, 0.5) is 0 Å². The maximum absolute atomic E-state index is 5.91. The Kier molecular flexibility index (Phi) is 3.39. The third-order valence-electron chi connectivity index (χ3n) is 2.05. The van der Waals surface area contributed by atoms with Gasteiger partial charge in [-0.05, 0) is 19.4 Å². The molecule has 3 heteroatoms. The van der Waals surface area contributed by atoms with Gasteiger partial charge in [-0.2, -0.15) is 0 Å². The second-order valence-corrected chi connectivity index (χ2v) is 4.93. The van der Waals surface area contributed by atoms with Crippen LogP contribution in [0.15, 0.2) is 0 Å². The van der Waals surface area contributed by atoms with Gasteiger partial charge in [0.1, 0.15) is 0 Å². The van der Waals surface area contributed by atoms with Crippen LogP contribution in [-0.4, -0.2) is 22.6 Å². The fourth-order valence-electron chi connectivity index (χ4n) is 1.44. The molecule has 0 aromatic heterocycles. The predicted molar refractivity (Wildman–Crippen MR) is 52.5 cm³/mol. The molecule has 1 aliphatic rings. The fraction of sp³-hybridized carbons (Fsp3) is 1.00. The average Bonchev–Trinajstić information content (AvgIpc) is 1.88. The summed E-state index contributed by atoms with van der Waals surface area (Å²) in [5, 5.41) is 3.44. The molecule has 1 saturated heterocycles. The second-order valence-electron chi connectivity index (χ2n) is 2.96. The van der Waals surface area contributed by atoms with E-state index in [1.807, 2.05) is 0 Å². The zero-order valence-corrected chi connectivity index (χ0v) is 8.47. The van der Waals surface area contributed by atoms with Gasteiger partial charge in [-0.15, -0.1) is 0 Å². The van der Waals surface area contributed by atoms with E-state index in [9.17, 15) is 0 Å². The summed E-state index contributed by atoms with van der Waals surface area (Å²) in [6.07, 6.45) is 2.42. The predicted octanol–water partition coefficient (Wildman–Crippen LogP) is 0.889. The Labute approximate surface area is 76.1 Å². The SMILES string of the molecule is CC(I)[C@H]1NCCC[C@@H]1N. The Morgan fingerprint density at radius 2 is 2.40 bits per heavy atom. The summed E-state index contributed by atoms with van der Waals surface area (Å²) in [7, 11) is 0. The number of nitrogens with one attached hydrogen (secondary N) is 1. The third-order valence-corrected chi connectivity index (χ3v) is 2.83. The normalized spacial score (nSPS) is 37.5. The van der Waals surface area contributed by atoms with E-state index in [2.05, 4.69) is 34.8 Å². The summed E-state index contributed by atoms with van der Waals surface area (Å²) < 4.78 is 0.646. The van der Waals surface area contributed by atoms with E-state index in [1.165, 1.54) is 12.8 Å². The average molecular weight is 254 g/mol. The standard InChI is InChI=1S/C7H15IN2/c1-5(8)7-6(9)3-2-4-10-7/h5-7,10H,2-4,9H2,1H3/t5?,6-,7+/m0/s1. The molecule has 2 nitrogen and oxygen atoms in total. The molecule has 1 unspecified atom stereocenters. The van der Waals surface area contributed by atoms with Gasteiger partial charge in [0.05, 0.1) is 0 Å². The molecule has 10 heavy (non-hydrogen) atoms. The van der Waals surface area contributed by atoms with Crippen LogP contribution in [0.5, 0.6) is 0 Å². The number of hydrogen-bond donors (Lipinski definition) is 2. The summed E-state index contributed by atoms with van der Waals surface area (Å²) in [4.78, 5) is 0. The molecule has 0 amide bonds. The molecule has 0 bridgehead atoms. The van der Waals surface area contributed by atoms with E-state index in [0.717, 1.165) is 6.54 Å². The third kappa shape index (κ3) is 2.07. The van der Waals surface area contributed by atoms with Gasteiger partial charge in [0.15, 0.2) is 0 Å². The molecule has 0 aromatic rings. The number of hydrogen-bond acceptors (Lipinski definition) is 2. The summed E-state index contributed by atoms with van der Waals surface area (Å²) in [5.41, 5.74) is 5.91. The van der Waals surface area contributed by atoms with Crippen molar-refractivity contribution in [3.63, 3.8) is 0 Å². The molecule has 0 aliphatic carbocycles. The van der Waals surface area contributed by atoms with Gasteiger partial charge in [-0.1, -0.05) is 29.5 Å². The Bertz CT molecular complexity index is 106. The molecular weight excluding hydrogens is 239 g/mol. The zero-order valence-electron chi connectivity index (χ0n) is 6.31. The number of nitrogens with two attached hydrogens (primary N) is 1. The first-order chi connectivity index (χ1) is 4.72. The summed E-state index contributed by atoms with van der Waals surface area (Å²) in [6, 6.07) is 0.912. The smallest absolute Gasteiger partial charge is 0.0334 e. The monoisotopic (exact) mass is 254 g/mol. The number of halogens is 1. The van der Waals surface area contributed by atoms with Crippen LogP contribution < -0.4 is 11.1 Å². The van der Waals surface area contributed by atoms with E-state index >= 15 is 0 Å². The second kappa shape index (κ2) is 3.88. The number of piperidine rings is 1. The highest BCUT2D eigenvalue weighted by molar-refractivity contribution is 14.1. The highest BCUT2D eigenvalue weighted by Gasteiger charge is 2.24. The minimum atomic E-state index is 0.376. The van der Waals surface area contributed by atoms with Crippen molar-refractivity contribution in [3.8, 4) is 0 Å². The maximum Gasteiger partial charge on any atom is 0.0334 e. The van der Waals surface area contributed by atoms with E-state index in [4.69, 9.17) is 5.73 Å². The summed E-state index contributed by atoms with van der Waals surface area (Å²) in [5.74, 6) is 0. The van der Waals surface area contributed by atoms with Crippen molar-refractivity contribution in [2.24, 2.45) is 5.73 Å². The first kappa shape index (κ1) is 8.74. The Hall–Kier alpha value is 0.650. The largest absolute Gasteiger partial charge is 0.326 e. The molecule has 0 radical (unpaired) electrons. The van der Waals surface area contributed by atoms with Crippen molar-refractivity contribution in [3.05, 3.63) is 0 Å². The summed E-state index contributed by atoms with van der Waals surface area (Å²) in [6.45, 7) is 3.36. The molecule has 3 N–H and O–H groups in total. The minimum absolute atomic E-state index is 0.376. The number of alkyl halides is 1. The lowest BCUT2D eigenvalue weighted by molar-refractivity contribution is 0.354. The van der Waals surface area contributed by atoms with Gasteiger partial charge >= 0.3 is 0 Å². The van der Waals surface area contributed by atoms with Crippen molar-refractivity contribution in [2.75, 3.05) is 6.54 Å². The fourth-order valence-corrected chi connectivity index (χ4v) is 2.23. The van der Waals surface area contributed by atoms with Crippen molar-refractivity contribution < 1.29 is 0 Å². The van der Waals surface area contributed by atoms with Crippen molar-refractivity contribution in [1.29, 1.82) is 0 Å². The van der Waals surface area contributed by atoms with Crippen LogP contribution in [0, 0.1) is 0 Å². The molecule has 0 aromatic carbocycles. The molecule has 60 valence electrons. The van der Waals surface area contributed by atoms with Crippen LogP contribution in [0.3, 0.4) is 0 Å². The van der Waals surface area contributed by atoms with Crippen molar-refractivity contribution in [1.82, 2.24) is 5.32 Å². The van der Waals surface area contributed by atoms with Crippen LogP contribution in [0.25, 0.3) is 0 Å². The Morgan fingerprint density at radius 3 is 2.80 bits per heavy atom. The summed E-state index contributed by atoms with van der Waals surface area (Å²) >= 11 is 2.43. The zero-order chi connectivity index (χ0) is 7.56. The van der Waals surface area contributed by atoms with Gasteiger partial charge in [0.2, 0.25) is 0 Å². The van der Waals surface area contributed by atoms with Crippen molar-refractivity contribution in [2.45, 2.75) is 35.8 Å². The molecule has 0 spiro atoms.